The summed E-state index contributed by atoms with van der Waals surface area (Å²) in [5.41, 5.74) is 4.01. The van der Waals surface area contributed by atoms with E-state index in [0.717, 1.165) is 12.0 Å². The fraction of sp³-hybridized carbons (Fsp3) is 0.400. The van der Waals surface area contributed by atoms with E-state index in [-0.39, 0.29) is 11.9 Å². The molecule has 0 unspecified atom stereocenters. The van der Waals surface area contributed by atoms with Gasteiger partial charge in [0.2, 0.25) is 6.04 Å². The maximum atomic E-state index is 12.7. The molecule has 2 aromatic rings. The molecule has 120 valence electrons. The maximum absolute atomic E-state index is 12.7. The number of carbonyl (C=O) groups is 1. The van der Waals surface area contributed by atoms with Gasteiger partial charge in [0.05, 0.1) is 0 Å². The van der Waals surface area contributed by atoms with Gasteiger partial charge in [-0.2, -0.15) is 4.57 Å². The quantitative estimate of drug-likeness (QED) is 0.797. The highest BCUT2D eigenvalue weighted by Crippen LogP contribution is 2.19. The summed E-state index contributed by atoms with van der Waals surface area (Å²) in [6.07, 6.45) is 9.08. The number of rotatable bonds is 4. The third kappa shape index (κ3) is 3.61. The third-order valence-electron chi connectivity index (χ3n) is 4.75. The van der Waals surface area contributed by atoms with Crippen LogP contribution in [-0.4, -0.2) is 17.9 Å². The van der Waals surface area contributed by atoms with Gasteiger partial charge in [0.1, 0.15) is 0 Å². The maximum Gasteiger partial charge on any atom is 0.291 e. The van der Waals surface area contributed by atoms with Gasteiger partial charge in [-0.05, 0) is 36.8 Å². The average Bonchev–Trinajstić information content (AvgIpc) is 2.61. The summed E-state index contributed by atoms with van der Waals surface area (Å²) in [5.74, 6) is 0.148. The van der Waals surface area contributed by atoms with Gasteiger partial charge < -0.3 is 4.90 Å². The zero-order valence-corrected chi connectivity index (χ0v) is 14.0. The minimum Gasteiger partial charge on any atom is -0.336 e. The van der Waals surface area contributed by atoms with Crippen molar-refractivity contribution in [2.75, 3.05) is 7.05 Å². The largest absolute Gasteiger partial charge is 0.336 e. The van der Waals surface area contributed by atoms with E-state index >= 15 is 0 Å². The van der Waals surface area contributed by atoms with Crippen molar-refractivity contribution in [1.29, 1.82) is 0 Å². The Bertz CT molecular complexity index is 681. The molecule has 0 saturated heterocycles. The van der Waals surface area contributed by atoms with Gasteiger partial charge in [0, 0.05) is 32.1 Å². The van der Waals surface area contributed by atoms with E-state index in [2.05, 4.69) is 35.2 Å². The second-order valence-corrected chi connectivity index (χ2v) is 6.51. The van der Waals surface area contributed by atoms with Crippen LogP contribution in [0.2, 0.25) is 0 Å². The summed E-state index contributed by atoms with van der Waals surface area (Å²) < 4.78 is 2.06. The predicted molar refractivity (Wildman–Crippen MR) is 90.9 cm³/mol. The van der Waals surface area contributed by atoms with Crippen LogP contribution in [0.15, 0.2) is 48.8 Å². The van der Waals surface area contributed by atoms with Crippen LogP contribution in [0.1, 0.15) is 42.5 Å². The van der Waals surface area contributed by atoms with Crippen LogP contribution < -0.4 is 4.57 Å². The van der Waals surface area contributed by atoms with E-state index < -0.39 is 0 Å². The van der Waals surface area contributed by atoms with Crippen LogP contribution >= 0.6 is 0 Å². The van der Waals surface area contributed by atoms with Gasteiger partial charge in [-0.25, -0.2) is 0 Å². The molecule has 23 heavy (non-hydrogen) atoms. The molecule has 0 N–H and O–H groups in total. The Balaban J connectivity index is 1.71. The number of amides is 1. The minimum atomic E-state index is -0.170. The van der Waals surface area contributed by atoms with Gasteiger partial charge in [0.15, 0.2) is 12.4 Å². The Morgan fingerprint density at radius 2 is 1.83 bits per heavy atom. The average molecular weight is 309 g/mol. The number of benzene rings is 1. The van der Waals surface area contributed by atoms with Gasteiger partial charge >= 0.3 is 0 Å². The molecule has 1 heterocycles. The number of pyridine rings is 1. The molecule has 3 nitrogen and oxygen atoms in total. The highest BCUT2D eigenvalue weighted by Gasteiger charge is 2.26. The van der Waals surface area contributed by atoms with Crippen LogP contribution in [0.5, 0.6) is 0 Å². The third-order valence-corrected chi connectivity index (χ3v) is 4.75. The molecule has 0 radical (unpaired) electrons. The van der Waals surface area contributed by atoms with Crippen molar-refractivity contribution < 1.29 is 9.36 Å². The Hall–Kier alpha value is -2.16. The number of likely N-dealkylation sites (N-methyl/N-ethyl adjacent to an activating group) is 1. The Morgan fingerprint density at radius 3 is 2.57 bits per heavy atom. The topological polar surface area (TPSA) is 24.2 Å². The number of aryl methyl sites for hydroxylation is 2. The van der Waals surface area contributed by atoms with E-state index in [4.69, 9.17) is 0 Å². The molecule has 3 heteroatoms. The van der Waals surface area contributed by atoms with Crippen molar-refractivity contribution >= 4 is 5.91 Å². The molecule has 1 amide bonds. The van der Waals surface area contributed by atoms with E-state index in [1.165, 1.54) is 30.4 Å². The van der Waals surface area contributed by atoms with Gasteiger partial charge in [0.25, 0.3) is 5.91 Å². The molecule has 0 saturated carbocycles. The monoisotopic (exact) mass is 309 g/mol. The number of hydrogen-bond acceptors (Lipinski definition) is 1. The number of nitrogens with zero attached hydrogens (tertiary/aromatic N) is 2. The van der Waals surface area contributed by atoms with Crippen molar-refractivity contribution in [3.63, 3.8) is 0 Å². The first kappa shape index (κ1) is 15.7. The van der Waals surface area contributed by atoms with E-state index in [1.54, 1.807) is 0 Å². The van der Waals surface area contributed by atoms with Crippen molar-refractivity contribution in [1.82, 2.24) is 4.90 Å². The first-order valence-corrected chi connectivity index (χ1v) is 8.46. The standard InChI is InChI=1S/C20H25N2O/c1-16(20(23)21(2)14-17-8-4-3-5-9-17)22-13-12-18-10-6-7-11-19(18)15-22/h3-5,8-9,12-13,15-16H,6-7,10-11,14H2,1-2H3/q+1/t16-/m1/s1. The predicted octanol–water partition coefficient (Wildman–Crippen LogP) is 3.07. The molecule has 1 aromatic heterocycles. The van der Waals surface area contributed by atoms with Gasteiger partial charge in [-0.15, -0.1) is 0 Å². The summed E-state index contributed by atoms with van der Waals surface area (Å²) in [5, 5.41) is 0. The first-order valence-electron chi connectivity index (χ1n) is 8.46. The Kier molecular flexibility index (Phi) is 4.75. The lowest BCUT2D eigenvalue weighted by Crippen LogP contribution is -2.47. The van der Waals surface area contributed by atoms with Gasteiger partial charge in [-0.3, -0.25) is 4.79 Å². The normalized spacial score (nSPS) is 14.9. The Labute approximate surface area is 138 Å². The van der Waals surface area contributed by atoms with Crippen LogP contribution in [0, 0.1) is 0 Å². The molecular weight excluding hydrogens is 284 g/mol. The molecule has 1 aliphatic rings. The van der Waals surface area contributed by atoms with E-state index in [0.29, 0.717) is 6.54 Å². The lowest BCUT2D eigenvalue weighted by Gasteiger charge is -2.20. The van der Waals surface area contributed by atoms with Crippen LogP contribution in [0.4, 0.5) is 0 Å². The van der Waals surface area contributed by atoms with Crippen LogP contribution in [0.25, 0.3) is 0 Å². The van der Waals surface area contributed by atoms with Crippen LogP contribution in [0.3, 0.4) is 0 Å². The van der Waals surface area contributed by atoms with Gasteiger partial charge in [-0.1, -0.05) is 30.3 Å². The fourth-order valence-corrected chi connectivity index (χ4v) is 3.31. The lowest BCUT2D eigenvalue weighted by atomic mass is 9.93. The van der Waals surface area contributed by atoms with E-state index in [1.807, 2.05) is 37.1 Å². The summed E-state index contributed by atoms with van der Waals surface area (Å²) >= 11 is 0. The second kappa shape index (κ2) is 6.95. The summed E-state index contributed by atoms with van der Waals surface area (Å²) in [6, 6.07) is 12.1. The van der Waals surface area contributed by atoms with Crippen molar-refractivity contribution in [2.45, 2.75) is 45.2 Å². The minimum absolute atomic E-state index is 0.148. The van der Waals surface area contributed by atoms with Crippen molar-refractivity contribution in [3.8, 4) is 0 Å². The number of aromatic nitrogens is 1. The molecular formula is C20H25N2O+. The molecule has 0 aliphatic heterocycles. The lowest BCUT2D eigenvalue weighted by molar-refractivity contribution is -0.707. The molecule has 3 rings (SSSR count). The number of hydrogen-bond donors (Lipinski definition) is 0. The molecule has 1 atom stereocenters. The zero-order chi connectivity index (χ0) is 16.2. The zero-order valence-electron chi connectivity index (χ0n) is 14.0. The smallest absolute Gasteiger partial charge is 0.291 e. The molecule has 0 spiro atoms. The number of fused-ring (bicyclic) bond motifs is 1. The number of carbonyl (C=O) groups excluding carboxylic acids is 1. The molecule has 1 aliphatic carbocycles. The SMILES string of the molecule is C[C@H](C(=O)N(C)Cc1ccccc1)[n+]1ccc2c(c1)CCCC2. The van der Waals surface area contributed by atoms with Crippen LogP contribution in [-0.2, 0) is 24.2 Å². The molecule has 1 aromatic carbocycles. The summed E-state index contributed by atoms with van der Waals surface area (Å²) in [7, 11) is 1.88. The highest BCUT2D eigenvalue weighted by atomic mass is 16.2. The second-order valence-electron chi connectivity index (χ2n) is 6.51. The first-order chi connectivity index (χ1) is 11.1. The molecule has 0 fully saturated rings. The Morgan fingerprint density at radius 1 is 1.13 bits per heavy atom. The van der Waals surface area contributed by atoms with Crippen molar-refractivity contribution in [2.24, 2.45) is 0 Å². The fourth-order valence-electron chi connectivity index (χ4n) is 3.31. The summed E-state index contributed by atoms with van der Waals surface area (Å²) in [6.45, 7) is 2.63. The highest BCUT2D eigenvalue weighted by molar-refractivity contribution is 5.78. The van der Waals surface area contributed by atoms with E-state index in [9.17, 15) is 4.79 Å². The van der Waals surface area contributed by atoms with Crippen molar-refractivity contribution in [3.05, 3.63) is 65.5 Å². The summed E-state index contributed by atoms with van der Waals surface area (Å²) in [4.78, 5) is 14.5. The molecule has 0 bridgehead atoms.